The molecule has 0 spiro atoms. The van der Waals surface area contributed by atoms with Gasteiger partial charge >= 0.3 is 0 Å². The first-order chi connectivity index (χ1) is 11.3. The summed E-state index contributed by atoms with van der Waals surface area (Å²) in [6.45, 7) is 5.88. The van der Waals surface area contributed by atoms with Gasteiger partial charge in [-0.3, -0.25) is 9.69 Å². The van der Waals surface area contributed by atoms with E-state index in [4.69, 9.17) is 0 Å². The van der Waals surface area contributed by atoms with Crippen LogP contribution in [0.4, 0.5) is 0 Å². The number of fused-ring (bicyclic) bond motifs is 1. The summed E-state index contributed by atoms with van der Waals surface area (Å²) in [4.78, 5) is 17.3. The van der Waals surface area contributed by atoms with Crippen LogP contribution in [0.1, 0.15) is 16.8 Å². The number of benzene rings is 2. The van der Waals surface area contributed by atoms with Crippen LogP contribution in [0.5, 0.6) is 0 Å². The summed E-state index contributed by atoms with van der Waals surface area (Å²) in [6, 6.07) is 14.9. The third kappa shape index (κ3) is 2.96. The average Bonchev–Trinajstić information content (AvgIpc) is 3.15. The molecule has 4 nitrogen and oxygen atoms in total. The molecule has 0 aromatic heterocycles. The van der Waals surface area contributed by atoms with Gasteiger partial charge in [0.15, 0.2) is 0 Å². The van der Waals surface area contributed by atoms with Crippen LogP contribution in [0, 0.1) is 0 Å². The summed E-state index contributed by atoms with van der Waals surface area (Å²) in [7, 11) is 0. The molecular weight excluding hydrogens is 286 g/mol. The molecule has 1 unspecified atom stereocenters. The molecule has 4 rings (SSSR count). The number of rotatable bonds is 2. The molecule has 2 saturated heterocycles. The first kappa shape index (κ1) is 14.7. The van der Waals surface area contributed by atoms with Crippen molar-refractivity contribution < 1.29 is 4.79 Å². The third-order valence-electron chi connectivity index (χ3n) is 5.15. The second kappa shape index (κ2) is 6.30. The van der Waals surface area contributed by atoms with E-state index >= 15 is 0 Å². The maximum atomic E-state index is 12.8. The number of nitrogens with one attached hydrogen (secondary N) is 1. The molecule has 2 fully saturated rings. The van der Waals surface area contributed by atoms with Crippen molar-refractivity contribution in [3.63, 3.8) is 0 Å². The Morgan fingerprint density at radius 1 is 1.00 bits per heavy atom. The van der Waals surface area contributed by atoms with E-state index in [-0.39, 0.29) is 5.91 Å². The summed E-state index contributed by atoms with van der Waals surface area (Å²) in [6.07, 6.45) is 1.23. The zero-order valence-corrected chi connectivity index (χ0v) is 13.4. The minimum absolute atomic E-state index is 0.167. The van der Waals surface area contributed by atoms with Crippen molar-refractivity contribution in [3.8, 4) is 0 Å². The monoisotopic (exact) mass is 309 g/mol. The van der Waals surface area contributed by atoms with Gasteiger partial charge in [-0.1, -0.05) is 30.3 Å². The van der Waals surface area contributed by atoms with Crippen molar-refractivity contribution in [2.75, 3.05) is 39.3 Å². The Balaban J connectivity index is 1.44. The van der Waals surface area contributed by atoms with Crippen LogP contribution in [0.15, 0.2) is 42.5 Å². The molecule has 2 aliphatic heterocycles. The highest BCUT2D eigenvalue weighted by molar-refractivity contribution is 5.98. The zero-order chi connectivity index (χ0) is 15.6. The molecule has 0 saturated carbocycles. The topological polar surface area (TPSA) is 35.6 Å². The Morgan fingerprint density at radius 3 is 2.52 bits per heavy atom. The second-order valence-corrected chi connectivity index (χ2v) is 6.54. The molecule has 1 atom stereocenters. The van der Waals surface area contributed by atoms with Gasteiger partial charge in [0.05, 0.1) is 0 Å². The highest BCUT2D eigenvalue weighted by Crippen LogP contribution is 2.18. The third-order valence-corrected chi connectivity index (χ3v) is 5.15. The second-order valence-electron chi connectivity index (χ2n) is 6.54. The van der Waals surface area contributed by atoms with E-state index in [9.17, 15) is 4.79 Å². The smallest absolute Gasteiger partial charge is 0.253 e. The first-order valence-electron chi connectivity index (χ1n) is 8.54. The van der Waals surface area contributed by atoms with Gasteiger partial charge in [-0.25, -0.2) is 0 Å². The maximum absolute atomic E-state index is 12.8. The SMILES string of the molecule is O=C(c1ccc2ccccc2c1)N1CCN(C2CCNC2)CC1. The van der Waals surface area contributed by atoms with Gasteiger partial charge in [-0.15, -0.1) is 0 Å². The van der Waals surface area contributed by atoms with Crippen LogP contribution in [0.3, 0.4) is 0 Å². The number of amides is 1. The van der Waals surface area contributed by atoms with Gasteiger partial charge in [0.25, 0.3) is 5.91 Å². The van der Waals surface area contributed by atoms with E-state index in [1.54, 1.807) is 0 Å². The van der Waals surface area contributed by atoms with Crippen molar-refractivity contribution in [1.29, 1.82) is 0 Å². The highest BCUT2D eigenvalue weighted by Gasteiger charge is 2.28. The molecule has 2 aliphatic rings. The Labute approximate surface area is 137 Å². The summed E-state index contributed by atoms with van der Waals surface area (Å²) in [5.74, 6) is 0.167. The number of carbonyl (C=O) groups excluding carboxylic acids is 1. The quantitative estimate of drug-likeness (QED) is 0.921. The van der Waals surface area contributed by atoms with Gasteiger partial charge in [0, 0.05) is 44.3 Å². The Kier molecular flexibility index (Phi) is 4.02. The molecule has 4 heteroatoms. The van der Waals surface area contributed by atoms with Crippen LogP contribution in [0.2, 0.25) is 0 Å². The molecule has 1 amide bonds. The fourth-order valence-electron chi connectivity index (χ4n) is 3.75. The van der Waals surface area contributed by atoms with Crippen molar-refractivity contribution in [2.24, 2.45) is 0 Å². The molecule has 0 aliphatic carbocycles. The largest absolute Gasteiger partial charge is 0.336 e. The molecule has 0 bridgehead atoms. The molecular formula is C19H23N3O. The maximum Gasteiger partial charge on any atom is 0.253 e. The summed E-state index contributed by atoms with van der Waals surface area (Å²) in [5, 5.41) is 5.74. The lowest BCUT2D eigenvalue weighted by molar-refractivity contribution is 0.0584. The van der Waals surface area contributed by atoms with Crippen LogP contribution in [-0.2, 0) is 0 Å². The Hall–Kier alpha value is -1.91. The van der Waals surface area contributed by atoms with Gasteiger partial charge in [-0.2, -0.15) is 0 Å². The van der Waals surface area contributed by atoms with Gasteiger partial charge in [-0.05, 0) is 35.9 Å². The van der Waals surface area contributed by atoms with Crippen LogP contribution in [0.25, 0.3) is 10.8 Å². The lowest BCUT2D eigenvalue weighted by Gasteiger charge is -2.37. The predicted molar refractivity (Wildman–Crippen MR) is 92.7 cm³/mol. The average molecular weight is 309 g/mol. The van der Waals surface area contributed by atoms with Crippen molar-refractivity contribution in [2.45, 2.75) is 12.5 Å². The van der Waals surface area contributed by atoms with E-state index in [2.05, 4.69) is 22.3 Å². The molecule has 2 heterocycles. The number of hydrogen-bond acceptors (Lipinski definition) is 3. The summed E-state index contributed by atoms with van der Waals surface area (Å²) >= 11 is 0. The normalized spacial score (nSPS) is 22.6. The standard InChI is InChI=1S/C19H23N3O/c23-19(17-6-5-15-3-1-2-4-16(15)13-17)22-11-9-21(10-12-22)18-7-8-20-14-18/h1-6,13,18,20H,7-12,14H2. The van der Waals surface area contributed by atoms with Gasteiger partial charge in [0.1, 0.15) is 0 Å². The molecule has 2 aromatic rings. The summed E-state index contributed by atoms with van der Waals surface area (Å²) in [5.41, 5.74) is 0.805. The van der Waals surface area contributed by atoms with Gasteiger partial charge in [0.2, 0.25) is 0 Å². The van der Waals surface area contributed by atoms with E-state index in [0.717, 1.165) is 50.2 Å². The van der Waals surface area contributed by atoms with E-state index < -0.39 is 0 Å². The number of carbonyl (C=O) groups is 1. The van der Waals surface area contributed by atoms with E-state index in [1.165, 1.54) is 11.8 Å². The molecule has 23 heavy (non-hydrogen) atoms. The lowest BCUT2D eigenvalue weighted by Crippen LogP contribution is -2.52. The van der Waals surface area contributed by atoms with E-state index in [1.807, 2.05) is 35.2 Å². The van der Waals surface area contributed by atoms with Crippen LogP contribution < -0.4 is 5.32 Å². The van der Waals surface area contributed by atoms with E-state index in [0.29, 0.717) is 6.04 Å². The molecule has 120 valence electrons. The van der Waals surface area contributed by atoms with Crippen molar-refractivity contribution in [1.82, 2.24) is 15.1 Å². The fraction of sp³-hybridized carbons (Fsp3) is 0.421. The minimum atomic E-state index is 0.167. The minimum Gasteiger partial charge on any atom is -0.336 e. The predicted octanol–water partition coefficient (Wildman–Crippen LogP) is 1.96. The molecule has 2 aromatic carbocycles. The lowest BCUT2D eigenvalue weighted by atomic mass is 10.1. The zero-order valence-electron chi connectivity index (χ0n) is 13.4. The van der Waals surface area contributed by atoms with Crippen molar-refractivity contribution in [3.05, 3.63) is 48.0 Å². The number of piperazine rings is 1. The Bertz CT molecular complexity index is 701. The molecule has 1 N–H and O–H groups in total. The highest BCUT2D eigenvalue weighted by atomic mass is 16.2. The van der Waals surface area contributed by atoms with Crippen LogP contribution >= 0.6 is 0 Å². The van der Waals surface area contributed by atoms with Gasteiger partial charge < -0.3 is 10.2 Å². The first-order valence-corrected chi connectivity index (χ1v) is 8.54. The van der Waals surface area contributed by atoms with Crippen molar-refractivity contribution >= 4 is 16.7 Å². The number of hydrogen-bond donors (Lipinski definition) is 1. The number of nitrogens with zero attached hydrogens (tertiary/aromatic N) is 2. The van der Waals surface area contributed by atoms with Crippen LogP contribution in [-0.4, -0.2) is 61.0 Å². The summed E-state index contributed by atoms with van der Waals surface area (Å²) < 4.78 is 0. The Morgan fingerprint density at radius 2 is 1.78 bits per heavy atom. The fourth-order valence-corrected chi connectivity index (χ4v) is 3.75. The molecule has 0 radical (unpaired) electrons.